The number of halogens is 1. The molecular weight excluding hydrogens is 329 g/mol. The maximum atomic E-state index is 13.1. The molecule has 1 aromatic rings. The van der Waals surface area contributed by atoms with E-state index in [4.69, 9.17) is 4.74 Å². The molecule has 0 unspecified atom stereocenters. The molecule has 8 heteroatoms. The number of carbonyl (C=O) groups excluding carboxylic acids is 3. The summed E-state index contributed by atoms with van der Waals surface area (Å²) in [6.45, 7) is 4.47. The van der Waals surface area contributed by atoms with Gasteiger partial charge in [-0.05, 0) is 38.1 Å². The summed E-state index contributed by atoms with van der Waals surface area (Å²) in [5.41, 5.74) is 0.419. The van der Waals surface area contributed by atoms with E-state index in [1.54, 1.807) is 11.8 Å². The third-order valence-electron chi connectivity index (χ3n) is 4.44. The zero-order chi connectivity index (χ0) is 18.1. The summed E-state index contributed by atoms with van der Waals surface area (Å²) in [4.78, 5) is 41.3. The molecule has 25 heavy (non-hydrogen) atoms. The van der Waals surface area contributed by atoms with Crippen molar-refractivity contribution in [3.8, 4) is 0 Å². The van der Waals surface area contributed by atoms with Crippen molar-refractivity contribution in [2.24, 2.45) is 0 Å². The summed E-state index contributed by atoms with van der Waals surface area (Å²) in [5.74, 6) is -1.16. The Morgan fingerprint density at radius 1 is 1.24 bits per heavy atom. The molecule has 2 atom stereocenters. The average Bonchev–Trinajstić information content (AvgIpc) is 2.79. The zero-order valence-electron chi connectivity index (χ0n) is 14.1. The number of urea groups is 1. The second-order valence-electron chi connectivity index (χ2n) is 6.25. The quantitative estimate of drug-likeness (QED) is 0.770. The van der Waals surface area contributed by atoms with Gasteiger partial charge in [-0.15, -0.1) is 0 Å². The number of rotatable bonds is 3. The normalized spacial score (nSPS) is 24.2. The van der Waals surface area contributed by atoms with E-state index in [9.17, 15) is 18.8 Å². The number of ether oxygens (including phenoxy) is 1. The summed E-state index contributed by atoms with van der Waals surface area (Å²) in [5, 5.41) is 0. The first kappa shape index (κ1) is 17.3. The maximum absolute atomic E-state index is 13.1. The van der Waals surface area contributed by atoms with Crippen LogP contribution in [0.1, 0.15) is 13.8 Å². The van der Waals surface area contributed by atoms with E-state index < -0.39 is 23.8 Å². The van der Waals surface area contributed by atoms with Crippen molar-refractivity contribution in [2.75, 3.05) is 31.1 Å². The van der Waals surface area contributed by atoms with E-state index >= 15 is 0 Å². The van der Waals surface area contributed by atoms with Crippen molar-refractivity contribution < 1.29 is 23.5 Å². The first-order valence-electron chi connectivity index (χ1n) is 8.18. The van der Waals surface area contributed by atoms with Gasteiger partial charge in [0.05, 0.1) is 12.7 Å². The SMILES string of the molecule is C[C@H]1CN(C(=O)CN2C(=O)[C@H](C)N(c3ccc(F)cc3)C2=O)CCO1. The van der Waals surface area contributed by atoms with Gasteiger partial charge in [-0.25, -0.2) is 9.18 Å². The number of hydrogen-bond donors (Lipinski definition) is 0. The molecule has 2 saturated heterocycles. The Balaban J connectivity index is 1.74. The van der Waals surface area contributed by atoms with Gasteiger partial charge >= 0.3 is 6.03 Å². The van der Waals surface area contributed by atoms with Gasteiger partial charge in [0, 0.05) is 18.8 Å². The summed E-state index contributed by atoms with van der Waals surface area (Å²) < 4.78 is 18.5. The van der Waals surface area contributed by atoms with Crippen molar-refractivity contribution in [1.29, 1.82) is 0 Å². The minimum Gasteiger partial charge on any atom is -0.375 e. The Labute approximate surface area is 144 Å². The van der Waals surface area contributed by atoms with Crippen LogP contribution in [0.4, 0.5) is 14.9 Å². The van der Waals surface area contributed by atoms with Crippen LogP contribution >= 0.6 is 0 Å². The van der Waals surface area contributed by atoms with E-state index in [1.807, 2.05) is 6.92 Å². The van der Waals surface area contributed by atoms with Crippen LogP contribution in [0.15, 0.2) is 24.3 Å². The van der Waals surface area contributed by atoms with Crippen LogP contribution in [0, 0.1) is 5.82 Å². The first-order chi connectivity index (χ1) is 11.9. The maximum Gasteiger partial charge on any atom is 0.332 e. The summed E-state index contributed by atoms with van der Waals surface area (Å²) in [6, 6.07) is 4.01. The smallest absolute Gasteiger partial charge is 0.332 e. The number of amides is 4. The van der Waals surface area contributed by atoms with Crippen molar-refractivity contribution in [3.63, 3.8) is 0 Å². The Kier molecular flexibility index (Phi) is 4.71. The highest BCUT2D eigenvalue weighted by Crippen LogP contribution is 2.26. The highest BCUT2D eigenvalue weighted by molar-refractivity contribution is 6.15. The lowest BCUT2D eigenvalue weighted by atomic mass is 10.2. The molecule has 1 aromatic carbocycles. The van der Waals surface area contributed by atoms with Crippen LogP contribution in [-0.4, -0.2) is 66.0 Å². The molecule has 2 heterocycles. The molecule has 2 fully saturated rings. The van der Waals surface area contributed by atoms with Gasteiger partial charge in [-0.3, -0.25) is 19.4 Å². The lowest BCUT2D eigenvalue weighted by Gasteiger charge is -2.32. The summed E-state index contributed by atoms with van der Waals surface area (Å²) in [7, 11) is 0. The third kappa shape index (κ3) is 3.34. The molecule has 134 valence electrons. The number of carbonyl (C=O) groups is 3. The van der Waals surface area contributed by atoms with Crippen LogP contribution in [0.2, 0.25) is 0 Å². The molecule has 0 bridgehead atoms. The number of nitrogens with zero attached hydrogens (tertiary/aromatic N) is 3. The molecule has 3 rings (SSSR count). The van der Waals surface area contributed by atoms with E-state index in [-0.39, 0.29) is 18.6 Å². The summed E-state index contributed by atoms with van der Waals surface area (Å²) in [6.07, 6.45) is -0.0719. The molecule has 0 radical (unpaired) electrons. The average molecular weight is 349 g/mol. The van der Waals surface area contributed by atoms with Gasteiger partial charge in [0.25, 0.3) is 5.91 Å². The van der Waals surface area contributed by atoms with Crippen molar-refractivity contribution >= 4 is 23.5 Å². The molecule has 4 amide bonds. The fourth-order valence-electron chi connectivity index (χ4n) is 3.09. The second-order valence-corrected chi connectivity index (χ2v) is 6.25. The van der Waals surface area contributed by atoms with E-state index in [0.717, 1.165) is 4.90 Å². The van der Waals surface area contributed by atoms with Crippen LogP contribution < -0.4 is 4.90 Å². The highest BCUT2D eigenvalue weighted by atomic mass is 19.1. The molecule has 2 aliphatic rings. The van der Waals surface area contributed by atoms with Crippen LogP contribution in [-0.2, 0) is 14.3 Å². The van der Waals surface area contributed by atoms with Gasteiger partial charge in [0.2, 0.25) is 5.91 Å². The topological polar surface area (TPSA) is 70.2 Å². The highest BCUT2D eigenvalue weighted by Gasteiger charge is 2.44. The predicted molar refractivity (Wildman–Crippen MR) is 87.4 cm³/mol. The van der Waals surface area contributed by atoms with Crippen LogP contribution in [0.3, 0.4) is 0 Å². The van der Waals surface area contributed by atoms with E-state index in [2.05, 4.69) is 0 Å². The standard InChI is InChI=1S/C17H20FN3O4/c1-11-9-19(7-8-25-11)15(22)10-20-16(23)12(2)21(17(20)24)14-5-3-13(18)4-6-14/h3-6,11-12H,7-10H2,1-2H3/t11-,12-/m0/s1. The molecule has 0 spiro atoms. The molecule has 0 aromatic heterocycles. The van der Waals surface area contributed by atoms with Gasteiger partial charge in [0.1, 0.15) is 18.4 Å². The van der Waals surface area contributed by atoms with Crippen molar-refractivity contribution in [1.82, 2.24) is 9.80 Å². The Morgan fingerprint density at radius 2 is 1.92 bits per heavy atom. The minimum absolute atomic E-state index is 0.0719. The Morgan fingerprint density at radius 3 is 2.56 bits per heavy atom. The van der Waals surface area contributed by atoms with E-state index in [0.29, 0.717) is 25.4 Å². The predicted octanol–water partition coefficient (Wildman–Crippen LogP) is 1.23. The minimum atomic E-state index is -0.741. The molecule has 7 nitrogen and oxygen atoms in total. The number of anilines is 1. The lowest BCUT2D eigenvalue weighted by Crippen LogP contribution is -2.49. The van der Waals surface area contributed by atoms with Crippen molar-refractivity contribution in [2.45, 2.75) is 26.0 Å². The Hall–Kier alpha value is -2.48. The van der Waals surface area contributed by atoms with Crippen LogP contribution in [0.5, 0.6) is 0 Å². The third-order valence-corrected chi connectivity index (χ3v) is 4.44. The number of benzene rings is 1. The fraction of sp³-hybridized carbons (Fsp3) is 0.471. The molecular formula is C17H20FN3O4. The molecule has 2 aliphatic heterocycles. The van der Waals surface area contributed by atoms with Crippen LogP contribution in [0.25, 0.3) is 0 Å². The molecule has 0 aliphatic carbocycles. The zero-order valence-corrected chi connectivity index (χ0v) is 14.1. The number of morpholine rings is 1. The van der Waals surface area contributed by atoms with Crippen molar-refractivity contribution in [3.05, 3.63) is 30.1 Å². The Bertz CT molecular complexity index is 694. The van der Waals surface area contributed by atoms with Gasteiger partial charge < -0.3 is 9.64 Å². The fourth-order valence-corrected chi connectivity index (χ4v) is 3.09. The number of hydrogen-bond acceptors (Lipinski definition) is 4. The van der Waals surface area contributed by atoms with E-state index in [1.165, 1.54) is 29.2 Å². The largest absolute Gasteiger partial charge is 0.375 e. The number of imide groups is 1. The first-order valence-corrected chi connectivity index (χ1v) is 8.18. The molecule has 0 saturated carbocycles. The lowest BCUT2D eigenvalue weighted by molar-refractivity contribution is -0.142. The molecule has 0 N–H and O–H groups in total. The van der Waals surface area contributed by atoms with Gasteiger partial charge in [-0.2, -0.15) is 0 Å². The van der Waals surface area contributed by atoms with Gasteiger partial charge in [-0.1, -0.05) is 0 Å². The van der Waals surface area contributed by atoms with Gasteiger partial charge in [0.15, 0.2) is 0 Å². The second kappa shape index (κ2) is 6.79. The summed E-state index contributed by atoms with van der Waals surface area (Å²) >= 11 is 0. The monoisotopic (exact) mass is 349 g/mol.